The molecule has 0 aliphatic heterocycles. The molecule has 0 fully saturated rings. The smallest absolute Gasteiger partial charge is 0.427 e. The number of benzene rings is 1. The fraction of sp³-hybridized carbons (Fsp3) is 0.250. The number of carbonyl (C=O) groups is 1. The van der Waals surface area contributed by atoms with Gasteiger partial charge in [0, 0.05) is 0 Å². The van der Waals surface area contributed by atoms with E-state index in [0.717, 1.165) is 10.1 Å². The van der Waals surface area contributed by atoms with Crippen LogP contribution in [0.4, 0.5) is 0 Å². The summed E-state index contributed by atoms with van der Waals surface area (Å²) in [6.07, 6.45) is 1.39. The standard InChI is InChI=1S/C16H15NO4/c1-16(2,3)10-6-7-12-11(9-10)17(15(19)21-12)14(18)13-5-4-8-20-13/h4-9H,1-3H3. The first kappa shape index (κ1) is 13.4. The van der Waals surface area contributed by atoms with Gasteiger partial charge in [-0.2, -0.15) is 0 Å². The summed E-state index contributed by atoms with van der Waals surface area (Å²) in [5.74, 6) is -1.15. The van der Waals surface area contributed by atoms with Crippen molar-refractivity contribution in [3.8, 4) is 0 Å². The quantitative estimate of drug-likeness (QED) is 0.688. The second kappa shape index (κ2) is 4.48. The van der Waals surface area contributed by atoms with Gasteiger partial charge >= 0.3 is 11.7 Å². The molecule has 0 saturated heterocycles. The minimum atomic E-state index is -0.711. The summed E-state index contributed by atoms with van der Waals surface area (Å²) in [6, 6.07) is 8.53. The lowest BCUT2D eigenvalue weighted by molar-refractivity contribution is 0.0929. The van der Waals surface area contributed by atoms with Crippen molar-refractivity contribution in [2.75, 3.05) is 0 Å². The summed E-state index contributed by atoms with van der Waals surface area (Å²) < 4.78 is 11.2. The topological polar surface area (TPSA) is 65.3 Å². The molecule has 0 saturated carbocycles. The van der Waals surface area contributed by atoms with E-state index in [9.17, 15) is 9.59 Å². The van der Waals surface area contributed by atoms with Gasteiger partial charge in [-0.15, -0.1) is 0 Å². The maximum Gasteiger partial charge on any atom is 0.427 e. The van der Waals surface area contributed by atoms with Crippen LogP contribution in [-0.4, -0.2) is 10.5 Å². The van der Waals surface area contributed by atoms with Gasteiger partial charge in [-0.3, -0.25) is 4.79 Å². The summed E-state index contributed by atoms with van der Waals surface area (Å²) in [5.41, 5.74) is 1.75. The lowest BCUT2D eigenvalue weighted by Gasteiger charge is -2.18. The Labute approximate surface area is 120 Å². The van der Waals surface area contributed by atoms with Gasteiger partial charge in [-0.1, -0.05) is 26.8 Å². The Morgan fingerprint density at radius 3 is 2.57 bits per heavy atom. The van der Waals surface area contributed by atoms with Gasteiger partial charge in [0.2, 0.25) is 0 Å². The van der Waals surface area contributed by atoms with Crippen molar-refractivity contribution >= 4 is 17.0 Å². The molecular formula is C16H15NO4. The molecule has 3 rings (SSSR count). The fourth-order valence-corrected chi connectivity index (χ4v) is 2.19. The molecule has 3 aromatic rings. The minimum Gasteiger partial charge on any atom is -0.459 e. The van der Waals surface area contributed by atoms with Gasteiger partial charge in [0.25, 0.3) is 0 Å². The molecule has 0 atom stereocenters. The van der Waals surface area contributed by atoms with Crippen LogP contribution in [-0.2, 0) is 5.41 Å². The molecule has 5 nitrogen and oxygen atoms in total. The number of nitrogens with zero attached hydrogens (tertiary/aromatic N) is 1. The lowest BCUT2D eigenvalue weighted by Crippen LogP contribution is -2.23. The first-order valence-corrected chi connectivity index (χ1v) is 6.62. The molecule has 0 aliphatic carbocycles. The molecule has 5 heteroatoms. The number of oxazole rings is 1. The first-order chi connectivity index (χ1) is 9.88. The highest BCUT2D eigenvalue weighted by Gasteiger charge is 2.22. The van der Waals surface area contributed by atoms with E-state index in [2.05, 4.69) is 20.8 Å². The number of hydrogen-bond donors (Lipinski definition) is 0. The Morgan fingerprint density at radius 1 is 1.19 bits per heavy atom. The van der Waals surface area contributed by atoms with Crippen LogP contribution in [0.3, 0.4) is 0 Å². The maximum absolute atomic E-state index is 12.4. The van der Waals surface area contributed by atoms with Gasteiger partial charge in [0.1, 0.15) is 0 Å². The van der Waals surface area contributed by atoms with Crippen molar-refractivity contribution in [3.63, 3.8) is 0 Å². The predicted molar refractivity (Wildman–Crippen MR) is 77.6 cm³/mol. The molecule has 21 heavy (non-hydrogen) atoms. The maximum atomic E-state index is 12.4. The number of fused-ring (bicyclic) bond motifs is 1. The number of carbonyl (C=O) groups excluding carboxylic acids is 1. The van der Waals surface area contributed by atoms with Gasteiger partial charge in [0.05, 0.1) is 11.8 Å². The summed E-state index contributed by atoms with van der Waals surface area (Å²) in [6.45, 7) is 6.18. The molecule has 0 spiro atoms. The van der Waals surface area contributed by atoms with Crippen molar-refractivity contribution in [2.24, 2.45) is 0 Å². The highest BCUT2D eigenvalue weighted by molar-refractivity contribution is 5.98. The van der Waals surface area contributed by atoms with E-state index in [1.807, 2.05) is 6.07 Å². The fourth-order valence-electron chi connectivity index (χ4n) is 2.19. The third kappa shape index (κ3) is 2.20. The zero-order valence-corrected chi connectivity index (χ0v) is 12.0. The van der Waals surface area contributed by atoms with Crippen molar-refractivity contribution in [2.45, 2.75) is 26.2 Å². The van der Waals surface area contributed by atoms with Crippen LogP contribution in [0.5, 0.6) is 0 Å². The molecule has 2 heterocycles. The third-order valence-electron chi connectivity index (χ3n) is 3.38. The van der Waals surface area contributed by atoms with E-state index in [1.165, 1.54) is 12.3 Å². The molecule has 2 aromatic heterocycles. The van der Waals surface area contributed by atoms with E-state index in [0.29, 0.717) is 11.1 Å². The van der Waals surface area contributed by atoms with E-state index < -0.39 is 11.7 Å². The second-order valence-electron chi connectivity index (χ2n) is 5.92. The molecule has 108 valence electrons. The van der Waals surface area contributed by atoms with Gasteiger partial charge < -0.3 is 8.83 Å². The Kier molecular flexibility index (Phi) is 2.86. The van der Waals surface area contributed by atoms with E-state index in [1.54, 1.807) is 18.2 Å². The summed E-state index contributed by atoms with van der Waals surface area (Å²) in [4.78, 5) is 24.3. The predicted octanol–water partition coefficient (Wildman–Crippen LogP) is 3.17. The molecule has 1 aromatic carbocycles. The van der Waals surface area contributed by atoms with Crippen molar-refractivity contribution in [3.05, 3.63) is 58.5 Å². The van der Waals surface area contributed by atoms with E-state index >= 15 is 0 Å². The zero-order valence-electron chi connectivity index (χ0n) is 12.0. The summed E-state index contributed by atoms with van der Waals surface area (Å²) >= 11 is 0. The van der Waals surface area contributed by atoms with Gasteiger partial charge in [-0.25, -0.2) is 9.36 Å². The van der Waals surface area contributed by atoms with Crippen LogP contribution in [0, 0.1) is 0 Å². The Bertz CT molecular complexity index is 860. The zero-order chi connectivity index (χ0) is 15.2. The molecule has 0 amide bonds. The van der Waals surface area contributed by atoms with Gasteiger partial charge in [0.15, 0.2) is 11.3 Å². The molecule has 0 N–H and O–H groups in total. The van der Waals surface area contributed by atoms with Gasteiger partial charge in [-0.05, 0) is 35.2 Å². The number of aromatic nitrogens is 1. The Morgan fingerprint density at radius 2 is 1.95 bits per heavy atom. The number of rotatable bonds is 1. The average molecular weight is 285 g/mol. The molecule has 0 unspecified atom stereocenters. The van der Waals surface area contributed by atoms with Crippen molar-refractivity contribution in [1.82, 2.24) is 4.57 Å². The van der Waals surface area contributed by atoms with E-state index in [-0.39, 0.29) is 11.2 Å². The second-order valence-corrected chi connectivity index (χ2v) is 5.92. The highest BCUT2D eigenvalue weighted by Crippen LogP contribution is 2.26. The van der Waals surface area contributed by atoms with Crippen LogP contribution in [0.1, 0.15) is 36.9 Å². The Hall–Kier alpha value is -2.56. The SMILES string of the molecule is CC(C)(C)c1ccc2oc(=O)n(C(=O)c3ccco3)c2c1. The van der Waals surface area contributed by atoms with Crippen LogP contribution in [0.2, 0.25) is 0 Å². The first-order valence-electron chi connectivity index (χ1n) is 6.62. The largest absolute Gasteiger partial charge is 0.459 e. The number of hydrogen-bond acceptors (Lipinski definition) is 4. The van der Waals surface area contributed by atoms with Crippen molar-refractivity contribution < 1.29 is 13.6 Å². The van der Waals surface area contributed by atoms with Crippen LogP contribution < -0.4 is 5.76 Å². The average Bonchev–Trinajstić information content (AvgIpc) is 3.02. The summed E-state index contributed by atoms with van der Waals surface area (Å²) in [7, 11) is 0. The highest BCUT2D eigenvalue weighted by atomic mass is 16.4. The molecular weight excluding hydrogens is 270 g/mol. The molecule has 0 radical (unpaired) electrons. The van der Waals surface area contributed by atoms with Crippen LogP contribution in [0.15, 0.2) is 50.2 Å². The number of furan rings is 1. The summed E-state index contributed by atoms with van der Waals surface area (Å²) in [5, 5.41) is 0. The third-order valence-corrected chi connectivity index (χ3v) is 3.38. The molecule has 0 bridgehead atoms. The van der Waals surface area contributed by atoms with E-state index in [4.69, 9.17) is 8.83 Å². The van der Waals surface area contributed by atoms with Crippen LogP contribution >= 0.6 is 0 Å². The minimum absolute atomic E-state index is 0.0972. The normalized spacial score (nSPS) is 12.0. The lowest BCUT2D eigenvalue weighted by atomic mass is 9.87. The molecule has 0 aliphatic rings. The van der Waals surface area contributed by atoms with Crippen LogP contribution in [0.25, 0.3) is 11.1 Å². The Balaban J connectivity index is 2.25. The monoisotopic (exact) mass is 285 g/mol. The van der Waals surface area contributed by atoms with Crippen molar-refractivity contribution in [1.29, 1.82) is 0 Å².